The van der Waals surface area contributed by atoms with E-state index in [1.54, 1.807) is 54.6 Å². The average molecular weight is 413 g/mol. The van der Waals surface area contributed by atoms with Crippen molar-refractivity contribution in [3.63, 3.8) is 0 Å². The van der Waals surface area contributed by atoms with Gasteiger partial charge in [-0.1, -0.05) is 48.5 Å². The number of esters is 1. The zero-order chi connectivity index (χ0) is 21.8. The van der Waals surface area contributed by atoms with Gasteiger partial charge < -0.3 is 10.1 Å². The zero-order valence-corrected chi connectivity index (χ0v) is 16.7. The molecule has 0 aliphatic heterocycles. The van der Waals surface area contributed by atoms with Crippen LogP contribution in [0.25, 0.3) is 16.5 Å². The van der Waals surface area contributed by atoms with Crippen LogP contribution in [0.15, 0.2) is 83.7 Å². The van der Waals surface area contributed by atoms with Gasteiger partial charge in [0.1, 0.15) is 0 Å². The van der Waals surface area contributed by atoms with Crippen molar-refractivity contribution in [3.05, 3.63) is 100 Å². The van der Waals surface area contributed by atoms with Gasteiger partial charge in [-0.15, -0.1) is 0 Å². The van der Waals surface area contributed by atoms with Crippen molar-refractivity contribution in [2.24, 2.45) is 0 Å². The molecule has 7 nitrogen and oxygen atoms in total. The Morgan fingerprint density at radius 2 is 1.65 bits per heavy atom. The van der Waals surface area contributed by atoms with Gasteiger partial charge in [-0.2, -0.15) is 9.78 Å². The van der Waals surface area contributed by atoms with E-state index < -0.39 is 18.5 Å². The molecule has 3 aromatic carbocycles. The van der Waals surface area contributed by atoms with Crippen LogP contribution >= 0.6 is 0 Å². The number of carbonyl (C=O) groups is 2. The van der Waals surface area contributed by atoms with Gasteiger partial charge in [0, 0.05) is 11.1 Å². The number of hydrogen-bond acceptors (Lipinski definition) is 5. The van der Waals surface area contributed by atoms with Crippen LogP contribution < -0.4 is 10.9 Å². The number of aromatic nitrogens is 2. The molecule has 7 heteroatoms. The standard InChI is InChI=1S/C24H19N3O4/c1-16-8-7-9-17(14-16)25-21(28)15-31-24(30)22-19-12-5-6-13-20(19)23(29)27(26-22)18-10-3-2-4-11-18/h2-14H,15H2,1H3,(H,25,28). The second-order valence-corrected chi connectivity index (χ2v) is 6.94. The molecule has 1 aromatic heterocycles. The van der Waals surface area contributed by atoms with E-state index in [0.29, 0.717) is 22.1 Å². The Kier molecular flexibility index (Phi) is 5.57. The van der Waals surface area contributed by atoms with Crippen LogP contribution in [0.4, 0.5) is 5.69 Å². The van der Waals surface area contributed by atoms with Crippen molar-refractivity contribution in [2.75, 3.05) is 11.9 Å². The number of rotatable bonds is 5. The maximum Gasteiger partial charge on any atom is 0.359 e. The van der Waals surface area contributed by atoms with Gasteiger partial charge in [-0.05, 0) is 42.8 Å². The first-order valence-electron chi connectivity index (χ1n) is 9.64. The van der Waals surface area contributed by atoms with E-state index in [0.717, 1.165) is 10.2 Å². The van der Waals surface area contributed by atoms with Gasteiger partial charge in [0.15, 0.2) is 12.3 Å². The van der Waals surface area contributed by atoms with Crippen LogP contribution in [0.1, 0.15) is 16.1 Å². The fraction of sp³-hybridized carbons (Fsp3) is 0.0833. The molecular formula is C24H19N3O4. The maximum absolute atomic E-state index is 12.9. The highest BCUT2D eigenvalue weighted by Crippen LogP contribution is 2.16. The molecule has 31 heavy (non-hydrogen) atoms. The number of fused-ring (bicyclic) bond motifs is 1. The Morgan fingerprint density at radius 1 is 0.935 bits per heavy atom. The minimum absolute atomic E-state index is 0.0394. The summed E-state index contributed by atoms with van der Waals surface area (Å²) in [6.45, 7) is 1.43. The second kappa shape index (κ2) is 8.62. The summed E-state index contributed by atoms with van der Waals surface area (Å²) in [4.78, 5) is 37.9. The predicted molar refractivity (Wildman–Crippen MR) is 117 cm³/mol. The highest BCUT2D eigenvalue weighted by atomic mass is 16.5. The van der Waals surface area contributed by atoms with E-state index in [1.165, 1.54) is 0 Å². The van der Waals surface area contributed by atoms with Crippen molar-refractivity contribution in [1.29, 1.82) is 0 Å². The third-order valence-corrected chi connectivity index (χ3v) is 4.64. The van der Waals surface area contributed by atoms with Crippen molar-refractivity contribution < 1.29 is 14.3 Å². The molecule has 0 saturated heterocycles. The van der Waals surface area contributed by atoms with Crippen LogP contribution in [-0.4, -0.2) is 28.3 Å². The van der Waals surface area contributed by atoms with Crippen molar-refractivity contribution >= 4 is 28.3 Å². The molecule has 4 rings (SSSR count). The third-order valence-electron chi connectivity index (χ3n) is 4.64. The van der Waals surface area contributed by atoms with E-state index in [4.69, 9.17) is 4.74 Å². The van der Waals surface area contributed by atoms with Crippen LogP contribution in [-0.2, 0) is 9.53 Å². The lowest BCUT2D eigenvalue weighted by Gasteiger charge is -2.11. The van der Waals surface area contributed by atoms with Gasteiger partial charge in [-0.25, -0.2) is 4.79 Å². The summed E-state index contributed by atoms with van der Waals surface area (Å²) in [6, 6.07) is 22.7. The molecule has 0 aliphatic carbocycles. The van der Waals surface area contributed by atoms with Crippen molar-refractivity contribution in [1.82, 2.24) is 9.78 Å². The lowest BCUT2D eigenvalue weighted by molar-refractivity contribution is -0.119. The number of amides is 1. The Bertz CT molecular complexity index is 1330. The number of aryl methyl sites for hydroxylation is 1. The minimum Gasteiger partial charge on any atom is -0.451 e. The van der Waals surface area contributed by atoms with E-state index in [1.807, 2.05) is 31.2 Å². The van der Waals surface area contributed by atoms with E-state index in [2.05, 4.69) is 10.4 Å². The Labute approximate surface area is 177 Å². The normalized spacial score (nSPS) is 10.6. The molecule has 4 aromatic rings. The maximum atomic E-state index is 12.9. The summed E-state index contributed by atoms with van der Waals surface area (Å²) >= 11 is 0. The number of benzene rings is 3. The summed E-state index contributed by atoms with van der Waals surface area (Å²) in [5, 5.41) is 7.62. The largest absolute Gasteiger partial charge is 0.451 e. The highest BCUT2D eigenvalue weighted by Gasteiger charge is 2.19. The quantitative estimate of drug-likeness (QED) is 0.506. The first-order chi connectivity index (χ1) is 15.0. The molecule has 0 bridgehead atoms. The number of para-hydroxylation sites is 1. The predicted octanol–water partition coefficient (Wildman–Crippen LogP) is 3.49. The van der Waals surface area contributed by atoms with Gasteiger partial charge in [0.05, 0.1) is 11.1 Å². The first kappa shape index (κ1) is 20.0. The molecule has 0 saturated carbocycles. The van der Waals surface area contributed by atoms with Gasteiger partial charge in [0.2, 0.25) is 0 Å². The lowest BCUT2D eigenvalue weighted by Crippen LogP contribution is -2.26. The molecule has 0 fully saturated rings. The van der Waals surface area contributed by atoms with Gasteiger partial charge in [0.25, 0.3) is 11.5 Å². The number of nitrogens with zero attached hydrogens (tertiary/aromatic N) is 2. The van der Waals surface area contributed by atoms with Crippen LogP contribution in [0.5, 0.6) is 0 Å². The number of carbonyl (C=O) groups excluding carboxylic acids is 2. The van der Waals surface area contributed by atoms with Gasteiger partial charge >= 0.3 is 5.97 Å². The highest BCUT2D eigenvalue weighted by molar-refractivity contribution is 6.03. The second-order valence-electron chi connectivity index (χ2n) is 6.94. The molecule has 1 amide bonds. The van der Waals surface area contributed by atoms with Crippen LogP contribution in [0.3, 0.4) is 0 Å². The number of ether oxygens (including phenoxy) is 1. The summed E-state index contributed by atoms with van der Waals surface area (Å²) in [5.41, 5.74) is 1.73. The Hall–Kier alpha value is -4.26. The lowest BCUT2D eigenvalue weighted by atomic mass is 10.1. The fourth-order valence-electron chi connectivity index (χ4n) is 3.20. The Balaban J connectivity index is 1.61. The number of anilines is 1. The fourth-order valence-corrected chi connectivity index (χ4v) is 3.20. The third kappa shape index (κ3) is 4.35. The van der Waals surface area contributed by atoms with Crippen LogP contribution in [0.2, 0.25) is 0 Å². The molecule has 0 atom stereocenters. The smallest absolute Gasteiger partial charge is 0.359 e. The SMILES string of the molecule is Cc1cccc(NC(=O)COC(=O)c2nn(-c3ccccc3)c(=O)c3ccccc23)c1. The number of nitrogens with one attached hydrogen (secondary N) is 1. The van der Waals surface area contributed by atoms with Crippen molar-refractivity contribution in [3.8, 4) is 5.69 Å². The summed E-state index contributed by atoms with van der Waals surface area (Å²) in [7, 11) is 0. The molecule has 0 spiro atoms. The molecule has 0 radical (unpaired) electrons. The molecule has 0 unspecified atom stereocenters. The molecule has 1 N–H and O–H groups in total. The van der Waals surface area contributed by atoms with E-state index in [-0.39, 0.29) is 11.3 Å². The molecule has 0 aliphatic rings. The average Bonchev–Trinajstić information content (AvgIpc) is 2.78. The van der Waals surface area contributed by atoms with Crippen LogP contribution in [0, 0.1) is 6.92 Å². The minimum atomic E-state index is -0.791. The first-order valence-corrected chi connectivity index (χ1v) is 9.64. The monoisotopic (exact) mass is 413 g/mol. The topological polar surface area (TPSA) is 90.3 Å². The summed E-state index contributed by atoms with van der Waals surface area (Å²) in [5.74, 6) is -1.26. The zero-order valence-electron chi connectivity index (χ0n) is 16.7. The molecule has 1 heterocycles. The summed E-state index contributed by atoms with van der Waals surface area (Å²) < 4.78 is 6.36. The van der Waals surface area contributed by atoms with Gasteiger partial charge in [-0.3, -0.25) is 9.59 Å². The molecule has 154 valence electrons. The Morgan fingerprint density at radius 3 is 2.39 bits per heavy atom. The number of hydrogen-bond donors (Lipinski definition) is 1. The van der Waals surface area contributed by atoms with Crippen molar-refractivity contribution in [2.45, 2.75) is 6.92 Å². The van der Waals surface area contributed by atoms with E-state index in [9.17, 15) is 14.4 Å². The molecular weight excluding hydrogens is 394 g/mol. The summed E-state index contributed by atoms with van der Waals surface area (Å²) in [6.07, 6.45) is 0. The van der Waals surface area contributed by atoms with E-state index >= 15 is 0 Å².